The maximum atomic E-state index is 5.96. The predicted octanol–water partition coefficient (Wildman–Crippen LogP) is 3.43. The molecule has 0 saturated carbocycles. The molecule has 0 unspecified atom stereocenters. The lowest BCUT2D eigenvalue weighted by Gasteiger charge is -2.30. The minimum Gasteiger partial charge on any atom is -0.493 e. The summed E-state index contributed by atoms with van der Waals surface area (Å²) in [5.41, 5.74) is 1.18. The van der Waals surface area contributed by atoms with E-state index in [1.54, 1.807) is 0 Å². The normalized spacial score (nSPS) is 23.6. The summed E-state index contributed by atoms with van der Waals surface area (Å²) in [6.07, 6.45) is 2.56. The molecule has 0 fully saturated rings. The van der Waals surface area contributed by atoms with Crippen molar-refractivity contribution in [3.63, 3.8) is 0 Å². The molecular weight excluding hydrogens is 228 g/mol. The monoisotopic (exact) mass is 248 g/mol. The smallest absolute Gasteiger partial charge is 0.216 e. The van der Waals surface area contributed by atoms with Crippen molar-refractivity contribution in [1.29, 1.82) is 0 Å². The fraction of sp³-hybridized carbons (Fsp3) is 0.467. The van der Waals surface area contributed by atoms with Crippen LogP contribution in [0.5, 0.6) is 0 Å². The summed E-state index contributed by atoms with van der Waals surface area (Å²) in [7, 11) is 0. The third-order valence-corrected chi connectivity index (χ3v) is 2.85. The van der Waals surface area contributed by atoms with Crippen molar-refractivity contribution in [3.05, 3.63) is 47.7 Å². The zero-order valence-corrected chi connectivity index (χ0v) is 11.0. The SMILES string of the molecule is CCOC1=CC[C@H](c2ccccc2)O[C@H]1OCC. The zero-order chi connectivity index (χ0) is 12.8. The minimum absolute atomic E-state index is 0.0481. The van der Waals surface area contributed by atoms with Crippen LogP contribution in [0.1, 0.15) is 31.9 Å². The molecular formula is C15H20O3. The van der Waals surface area contributed by atoms with Gasteiger partial charge in [0.25, 0.3) is 0 Å². The van der Waals surface area contributed by atoms with Crippen molar-refractivity contribution in [1.82, 2.24) is 0 Å². The molecule has 1 aromatic carbocycles. The largest absolute Gasteiger partial charge is 0.493 e. The fourth-order valence-electron chi connectivity index (χ4n) is 2.04. The summed E-state index contributed by atoms with van der Waals surface area (Å²) in [5.74, 6) is 0.798. The first-order valence-corrected chi connectivity index (χ1v) is 6.50. The van der Waals surface area contributed by atoms with Gasteiger partial charge in [0.15, 0.2) is 0 Å². The molecule has 0 bridgehead atoms. The highest BCUT2D eigenvalue weighted by Crippen LogP contribution is 2.31. The predicted molar refractivity (Wildman–Crippen MR) is 70.0 cm³/mol. The van der Waals surface area contributed by atoms with Gasteiger partial charge in [0, 0.05) is 6.61 Å². The van der Waals surface area contributed by atoms with Crippen LogP contribution in [0.4, 0.5) is 0 Å². The van der Waals surface area contributed by atoms with Crippen LogP contribution in [0.3, 0.4) is 0 Å². The summed E-state index contributed by atoms with van der Waals surface area (Å²) in [6, 6.07) is 10.2. The van der Waals surface area contributed by atoms with Crippen molar-refractivity contribution < 1.29 is 14.2 Å². The van der Waals surface area contributed by atoms with Gasteiger partial charge in [-0.25, -0.2) is 0 Å². The first kappa shape index (κ1) is 13.1. The van der Waals surface area contributed by atoms with E-state index in [1.165, 1.54) is 5.56 Å². The Balaban J connectivity index is 2.10. The Morgan fingerprint density at radius 1 is 1.17 bits per heavy atom. The zero-order valence-electron chi connectivity index (χ0n) is 11.0. The molecule has 1 aliphatic heterocycles. The fourth-order valence-corrected chi connectivity index (χ4v) is 2.04. The first-order valence-electron chi connectivity index (χ1n) is 6.50. The van der Waals surface area contributed by atoms with E-state index in [0.717, 1.165) is 12.2 Å². The maximum absolute atomic E-state index is 5.96. The minimum atomic E-state index is -0.381. The Kier molecular flexibility index (Phi) is 4.79. The average molecular weight is 248 g/mol. The van der Waals surface area contributed by atoms with E-state index >= 15 is 0 Å². The van der Waals surface area contributed by atoms with E-state index in [2.05, 4.69) is 18.2 Å². The number of rotatable bonds is 5. The van der Waals surface area contributed by atoms with E-state index in [0.29, 0.717) is 13.2 Å². The Labute approximate surface area is 108 Å². The molecule has 0 amide bonds. The van der Waals surface area contributed by atoms with Crippen LogP contribution >= 0.6 is 0 Å². The van der Waals surface area contributed by atoms with Crippen LogP contribution < -0.4 is 0 Å². The lowest BCUT2D eigenvalue weighted by molar-refractivity contribution is -0.176. The molecule has 0 aliphatic carbocycles. The lowest BCUT2D eigenvalue weighted by Crippen LogP contribution is -2.27. The second-order valence-electron chi connectivity index (χ2n) is 4.10. The molecule has 3 nitrogen and oxygen atoms in total. The van der Waals surface area contributed by atoms with Crippen LogP contribution in [0.25, 0.3) is 0 Å². The number of hydrogen-bond donors (Lipinski definition) is 0. The Morgan fingerprint density at radius 3 is 2.61 bits per heavy atom. The average Bonchev–Trinajstić information content (AvgIpc) is 2.42. The van der Waals surface area contributed by atoms with Crippen molar-refractivity contribution in [2.45, 2.75) is 32.7 Å². The van der Waals surface area contributed by atoms with Gasteiger partial charge < -0.3 is 14.2 Å². The molecule has 98 valence electrons. The standard InChI is InChI=1S/C15H20O3/c1-3-16-14-11-10-13(18-15(14)17-4-2)12-8-6-5-7-9-12/h5-9,11,13,15H,3-4,10H2,1-2H3/t13-,15-/m1/s1. The van der Waals surface area contributed by atoms with E-state index in [1.807, 2.05) is 32.0 Å². The van der Waals surface area contributed by atoms with E-state index < -0.39 is 0 Å². The van der Waals surface area contributed by atoms with Crippen molar-refractivity contribution in [3.8, 4) is 0 Å². The van der Waals surface area contributed by atoms with Gasteiger partial charge in [-0.1, -0.05) is 30.3 Å². The molecule has 1 aliphatic rings. The molecule has 1 heterocycles. The maximum Gasteiger partial charge on any atom is 0.216 e. The van der Waals surface area contributed by atoms with Crippen LogP contribution in [0.15, 0.2) is 42.2 Å². The van der Waals surface area contributed by atoms with Gasteiger partial charge in [-0.3, -0.25) is 0 Å². The topological polar surface area (TPSA) is 27.7 Å². The van der Waals surface area contributed by atoms with Gasteiger partial charge in [0.1, 0.15) is 5.76 Å². The van der Waals surface area contributed by atoms with E-state index in [9.17, 15) is 0 Å². The second kappa shape index (κ2) is 6.57. The highest BCUT2D eigenvalue weighted by molar-refractivity contribution is 5.20. The molecule has 0 saturated heterocycles. The molecule has 1 aromatic rings. The second-order valence-corrected chi connectivity index (χ2v) is 4.10. The molecule has 2 atom stereocenters. The van der Waals surface area contributed by atoms with Gasteiger partial charge in [-0.15, -0.1) is 0 Å². The summed E-state index contributed by atoms with van der Waals surface area (Å²) >= 11 is 0. The van der Waals surface area contributed by atoms with Gasteiger partial charge in [0.2, 0.25) is 6.29 Å². The van der Waals surface area contributed by atoms with Gasteiger partial charge in [-0.2, -0.15) is 0 Å². The van der Waals surface area contributed by atoms with Gasteiger partial charge in [-0.05, 0) is 31.9 Å². The Hall–Kier alpha value is -1.32. The molecule has 18 heavy (non-hydrogen) atoms. The first-order chi connectivity index (χ1) is 8.85. The highest BCUT2D eigenvalue weighted by atomic mass is 16.7. The van der Waals surface area contributed by atoms with Crippen LogP contribution in [-0.2, 0) is 14.2 Å². The molecule has 3 heteroatoms. The van der Waals surface area contributed by atoms with E-state index in [4.69, 9.17) is 14.2 Å². The molecule has 2 rings (SSSR count). The molecule has 0 spiro atoms. The summed E-state index contributed by atoms with van der Waals surface area (Å²) < 4.78 is 17.1. The highest BCUT2D eigenvalue weighted by Gasteiger charge is 2.27. The quantitative estimate of drug-likeness (QED) is 0.799. The number of ether oxygens (including phenoxy) is 3. The van der Waals surface area contributed by atoms with Crippen LogP contribution in [-0.4, -0.2) is 19.5 Å². The number of hydrogen-bond acceptors (Lipinski definition) is 3. The van der Waals surface area contributed by atoms with Crippen LogP contribution in [0, 0.1) is 0 Å². The van der Waals surface area contributed by atoms with Crippen molar-refractivity contribution in [2.75, 3.05) is 13.2 Å². The van der Waals surface area contributed by atoms with Crippen molar-refractivity contribution >= 4 is 0 Å². The Morgan fingerprint density at radius 2 is 1.94 bits per heavy atom. The number of benzene rings is 1. The van der Waals surface area contributed by atoms with Crippen molar-refractivity contribution in [2.24, 2.45) is 0 Å². The van der Waals surface area contributed by atoms with Gasteiger partial charge >= 0.3 is 0 Å². The summed E-state index contributed by atoms with van der Waals surface area (Å²) in [6.45, 7) is 5.16. The third-order valence-electron chi connectivity index (χ3n) is 2.85. The van der Waals surface area contributed by atoms with Gasteiger partial charge in [0.05, 0.1) is 12.7 Å². The lowest BCUT2D eigenvalue weighted by atomic mass is 10.0. The summed E-state index contributed by atoms with van der Waals surface area (Å²) in [5, 5.41) is 0. The molecule has 0 aromatic heterocycles. The van der Waals surface area contributed by atoms with E-state index in [-0.39, 0.29) is 12.4 Å². The molecule has 0 N–H and O–H groups in total. The molecule has 0 radical (unpaired) electrons. The van der Waals surface area contributed by atoms with Crippen LogP contribution in [0.2, 0.25) is 0 Å². The third kappa shape index (κ3) is 3.12. The Bertz CT molecular complexity index is 386. The summed E-state index contributed by atoms with van der Waals surface area (Å²) in [4.78, 5) is 0.